The average Bonchev–Trinajstić information content (AvgIpc) is 1.84. The second-order valence-corrected chi connectivity index (χ2v) is 5.12. The molecule has 0 aromatic rings. The zero-order chi connectivity index (χ0) is 9.61. The number of halogens is 1. The summed E-state index contributed by atoms with van der Waals surface area (Å²) >= 11 is 2.60. The number of hydrogen-bond acceptors (Lipinski definition) is 5. The van der Waals surface area contributed by atoms with Crippen LogP contribution < -0.4 is 0 Å². The summed E-state index contributed by atoms with van der Waals surface area (Å²) in [6.07, 6.45) is 0.367. The van der Waals surface area contributed by atoms with Crippen LogP contribution in [0.1, 0.15) is 6.42 Å². The van der Waals surface area contributed by atoms with E-state index in [0.717, 1.165) is 0 Å². The zero-order valence-corrected chi connectivity index (χ0v) is 8.45. The van der Waals surface area contributed by atoms with Crippen LogP contribution >= 0.6 is 11.6 Å². The van der Waals surface area contributed by atoms with E-state index in [9.17, 15) is 17.2 Å². The summed E-state index contributed by atoms with van der Waals surface area (Å²) in [4.78, 5) is 0. The molecule has 0 radical (unpaired) electrons. The predicted octanol–water partition coefficient (Wildman–Crippen LogP) is -0.202. The van der Waals surface area contributed by atoms with Gasteiger partial charge in [-0.3, -0.25) is 8.39 Å². The predicted molar refractivity (Wildman–Crippen MR) is 44.0 cm³/mol. The van der Waals surface area contributed by atoms with E-state index in [1.807, 2.05) is 0 Å². The fourth-order valence-electron chi connectivity index (χ4n) is 0.392. The Hall–Kier alpha value is 0.310. The van der Waals surface area contributed by atoms with Crippen LogP contribution in [0.3, 0.4) is 0 Å². The van der Waals surface area contributed by atoms with Gasteiger partial charge in [-0.1, -0.05) is 0 Å². The van der Waals surface area contributed by atoms with Crippen molar-refractivity contribution in [2.24, 2.45) is 0 Å². The van der Waals surface area contributed by atoms with Crippen LogP contribution in [0.2, 0.25) is 0 Å². The summed E-state index contributed by atoms with van der Waals surface area (Å²) in [5, 5.41) is -1.00. The minimum absolute atomic E-state index is 0.0803. The number of rotatable bonds is 6. The molecule has 5 nitrogen and oxygen atoms in total. The Morgan fingerprint density at radius 2 is 2.08 bits per heavy atom. The van der Waals surface area contributed by atoms with Crippen LogP contribution in [0, 0.1) is 0 Å². The minimum atomic E-state index is -3.92. The summed E-state index contributed by atoms with van der Waals surface area (Å²) in [5.41, 5.74) is 0. The highest BCUT2D eigenvalue weighted by atomic mass is 35.5. The Balaban J connectivity index is 3.81. The van der Waals surface area contributed by atoms with Gasteiger partial charge in [0.05, 0.1) is 6.61 Å². The molecular formula is C4H8ClO5S2-. The molecule has 0 rings (SSSR count). The van der Waals surface area contributed by atoms with Gasteiger partial charge in [0, 0.05) is 5.88 Å². The monoisotopic (exact) mass is 235 g/mol. The molecular weight excluding hydrogens is 228 g/mol. The van der Waals surface area contributed by atoms with Gasteiger partial charge in [-0.2, -0.15) is 8.42 Å². The van der Waals surface area contributed by atoms with Gasteiger partial charge in [0.2, 0.25) is 0 Å². The molecule has 0 aromatic heterocycles. The van der Waals surface area contributed by atoms with E-state index in [1.165, 1.54) is 0 Å². The normalized spacial score (nSPS) is 14.5. The van der Waals surface area contributed by atoms with Crippen LogP contribution in [0.15, 0.2) is 0 Å². The molecule has 0 amide bonds. The van der Waals surface area contributed by atoms with E-state index in [0.29, 0.717) is 6.42 Å². The molecule has 0 aliphatic carbocycles. The van der Waals surface area contributed by atoms with Crippen molar-refractivity contribution >= 4 is 32.8 Å². The Labute approximate surface area is 78.5 Å². The lowest BCUT2D eigenvalue weighted by Gasteiger charge is -2.05. The molecule has 1 unspecified atom stereocenters. The summed E-state index contributed by atoms with van der Waals surface area (Å²) in [6, 6.07) is 0. The van der Waals surface area contributed by atoms with E-state index >= 15 is 0 Å². The second-order valence-electron chi connectivity index (χ2n) is 1.84. The smallest absolute Gasteiger partial charge is 0.278 e. The van der Waals surface area contributed by atoms with Crippen LogP contribution in [0.4, 0.5) is 0 Å². The minimum Gasteiger partial charge on any atom is -0.772 e. The lowest BCUT2D eigenvalue weighted by atomic mass is 10.5. The molecule has 0 N–H and O–H groups in total. The maximum Gasteiger partial charge on any atom is 0.278 e. The molecule has 0 heterocycles. The highest BCUT2D eigenvalue weighted by molar-refractivity contribution is 8.00. The van der Waals surface area contributed by atoms with Crippen LogP contribution in [0.5, 0.6) is 0 Å². The van der Waals surface area contributed by atoms with Crippen LogP contribution in [0.25, 0.3) is 0 Å². The van der Waals surface area contributed by atoms with Crippen molar-refractivity contribution in [3.05, 3.63) is 0 Å². The van der Waals surface area contributed by atoms with E-state index in [2.05, 4.69) is 4.18 Å². The first-order valence-corrected chi connectivity index (χ1v) is 6.32. The third-order valence-corrected chi connectivity index (χ3v) is 3.50. The maximum atomic E-state index is 10.7. The first kappa shape index (κ1) is 12.3. The van der Waals surface area contributed by atoms with Crippen molar-refractivity contribution in [1.82, 2.24) is 0 Å². The van der Waals surface area contributed by atoms with Crippen molar-refractivity contribution in [2.75, 3.05) is 17.6 Å². The SMILES string of the molecule is O=S([O-])CS(=O)(=O)OCCCCl. The van der Waals surface area contributed by atoms with Gasteiger partial charge in [0.25, 0.3) is 10.1 Å². The highest BCUT2D eigenvalue weighted by Gasteiger charge is 2.10. The Bertz CT molecular complexity index is 236. The molecule has 74 valence electrons. The quantitative estimate of drug-likeness (QED) is 0.276. The van der Waals surface area contributed by atoms with Crippen molar-refractivity contribution in [3.63, 3.8) is 0 Å². The molecule has 0 fully saturated rings. The average molecular weight is 236 g/mol. The lowest BCUT2D eigenvalue weighted by Crippen LogP contribution is -2.15. The second kappa shape index (κ2) is 5.87. The summed E-state index contributed by atoms with van der Waals surface area (Å²) in [6.45, 7) is -0.0803. The largest absolute Gasteiger partial charge is 0.772 e. The Morgan fingerprint density at radius 1 is 1.50 bits per heavy atom. The van der Waals surface area contributed by atoms with Crippen molar-refractivity contribution in [1.29, 1.82) is 0 Å². The Kier molecular flexibility index (Phi) is 6.02. The van der Waals surface area contributed by atoms with Gasteiger partial charge in [-0.15, -0.1) is 11.6 Å². The topological polar surface area (TPSA) is 83.5 Å². The summed E-state index contributed by atoms with van der Waals surface area (Å²) < 4.78 is 45.5. The molecule has 0 bridgehead atoms. The van der Waals surface area contributed by atoms with E-state index in [1.54, 1.807) is 0 Å². The first-order valence-electron chi connectivity index (χ1n) is 2.97. The van der Waals surface area contributed by atoms with Gasteiger partial charge in [-0.25, -0.2) is 0 Å². The summed E-state index contributed by atoms with van der Waals surface area (Å²) in [5.74, 6) is 0.274. The third kappa shape index (κ3) is 6.99. The Morgan fingerprint density at radius 3 is 2.50 bits per heavy atom. The third-order valence-electron chi connectivity index (χ3n) is 0.781. The molecule has 0 aliphatic rings. The number of alkyl halides is 1. The van der Waals surface area contributed by atoms with Gasteiger partial charge >= 0.3 is 0 Å². The molecule has 0 aromatic carbocycles. The van der Waals surface area contributed by atoms with E-state index < -0.39 is 26.3 Å². The van der Waals surface area contributed by atoms with Gasteiger partial charge in [0.15, 0.2) is 0 Å². The van der Waals surface area contributed by atoms with Crippen molar-refractivity contribution in [2.45, 2.75) is 6.42 Å². The summed E-state index contributed by atoms with van der Waals surface area (Å²) in [7, 11) is -3.92. The molecule has 0 saturated carbocycles. The molecule has 0 saturated heterocycles. The zero-order valence-electron chi connectivity index (χ0n) is 6.06. The van der Waals surface area contributed by atoms with Crippen LogP contribution in [-0.4, -0.2) is 34.8 Å². The number of hydrogen-bond donors (Lipinski definition) is 0. The van der Waals surface area contributed by atoms with Gasteiger partial charge in [0.1, 0.15) is 5.08 Å². The molecule has 0 spiro atoms. The molecule has 8 heteroatoms. The van der Waals surface area contributed by atoms with Gasteiger partial charge < -0.3 is 4.55 Å². The van der Waals surface area contributed by atoms with Crippen molar-refractivity contribution in [3.8, 4) is 0 Å². The molecule has 0 aliphatic heterocycles. The molecule has 1 atom stereocenters. The lowest BCUT2D eigenvalue weighted by molar-refractivity contribution is 0.321. The fourth-order valence-corrected chi connectivity index (χ4v) is 2.09. The van der Waals surface area contributed by atoms with Gasteiger partial charge in [-0.05, 0) is 17.5 Å². The van der Waals surface area contributed by atoms with E-state index in [4.69, 9.17) is 11.6 Å². The maximum absolute atomic E-state index is 10.7. The highest BCUT2D eigenvalue weighted by Crippen LogP contribution is 1.97. The van der Waals surface area contributed by atoms with Crippen LogP contribution in [-0.2, 0) is 25.4 Å². The van der Waals surface area contributed by atoms with Crippen molar-refractivity contribution < 1.29 is 21.4 Å². The fraction of sp³-hybridized carbons (Fsp3) is 1.00. The standard InChI is InChI=1S/C4H9ClO5S2/c5-2-1-3-10-12(8,9)4-11(6)7/h1-4H2,(H,6,7)/p-1. The first-order chi connectivity index (χ1) is 5.48. The van der Waals surface area contributed by atoms with E-state index in [-0.39, 0.29) is 12.5 Å². The molecule has 12 heavy (non-hydrogen) atoms.